The molecule has 1 aliphatic rings. The van der Waals surface area contributed by atoms with Crippen LogP contribution in [0.15, 0.2) is 11.1 Å². The molecule has 0 bridgehead atoms. The molecular weight excluding hydrogens is 484 g/mol. The molecule has 11 heteroatoms. The van der Waals surface area contributed by atoms with Crippen molar-refractivity contribution in [2.75, 3.05) is 24.0 Å². The number of esters is 2. The van der Waals surface area contributed by atoms with Crippen molar-refractivity contribution in [1.82, 2.24) is 0 Å². The summed E-state index contributed by atoms with van der Waals surface area (Å²) in [5.74, 6) is -1.76. The first-order chi connectivity index (χ1) is 15.3. The maximum absolute atomic E-state index is 14.9. The Morgan fingerprint density at radius 3 is 2.44 bits per heavy atom. The maximum atomic E-state index is 14.9. The standard InChI is InChI=1S/C21H20Cl2FNO6S/c1-3-9-31-21(29)13-8-6-5-7-12(13)20(28)25(15(26)11-22)18-17(23)14(32-19(18)24)10-16(27)30-4-2/h1H,4-11H2,2H3. The highest BCUT2D eigenvalue weighted by Gasteiger charge is 2.36. The van der Waals surface area contributed by atoms with Crippen molar-refractivity contribution in [1.29, 1.82) is 0 Å². The molecule has 0 fully saturated rings. The quantitative estimate of drug-likeness (QED) is 0.304. The van der Waals surface area contributed by atoms with Crippen molar-refractivity contribution >= 4 is 64.0 Å². The van der Waals surface area contributed by atoms with Crippen LogP contribution in [-0.4, -0.2) is 42.8 Å². The zero-order chi connectivity index (χ0) is 23.8. The molecular formula is C21H20Cl2FNO6S. The van der Waals surface area contributed by atoms with Gasteiger partial charge in [-0.2, -0.15) is 4.39 Å². The van der Waals surface area contributed by atoms with Crippen LogP contribution in [0.3, 0.4) is 0 Å². The van der Waals surface area contributed by atoms with Crippen molar-refractivity contribution in [2.24, 2.45) is 0 Å². The highest BCUT2D eigenvalue weighted by molar-refractivity contribution is 7.11. The summed E-state index contributed by atoms with van der Waals surface area (Å²) < 4.78 is 24.6. The minimum absolute atomic E-state index is 0.00495. The summed E-state index contributed by atoms with van der Waals surface area (Å²) >= 11 is 12.5. The Kier molecular flexibility index (Phi) is 9.69. The number of alkyl halides is 1. The van der Waals surface area contributed by atoms with E-state index in [-0.39, 0.29) is 53.5 Å². The maximum Gasteiger partial charge on any atom is 0.335 e. The fraction of sp³-hybridized carbons (Fsp3) is 0.429. The second kappa shape index (κ2) is 12.0. The molecule has 1 aromatic rings. The number of ether oxygens (including phenoxy) is 2. The van der Waals surface area contributed by atoms with Gasteiger partial charge in [-0.1, -0.05) is 17.5 Å². The van der Waals surface area contributed by atoms with Crippen molar-refractivity contribution in [3.05, 3.63) is 26.2 Å². The second-order valence-corrected chi connectivity index (χ2v) is 8.26. The SMILES string of the molecule is C#CCOC(=O)C1=C(C(=O)N(C(=O)CCl)c2c(F)sc(CC(=O)OCC)c2Cl)CCCC1. The van der Waals surface area contributed by atoms with Gasteiger partial charge in [0.2, 0.25) is 11.0 Å². The third-order valence-electron chi connectivity index (χ3n) is 4.51. The summed E-state index contributed by atoms with van der Waals surface area (Å²) in [4.78, 5) is 50.7. The van der Waals surface area contributed by atoms with Crippen LogP contribution >= 0.6 is 34.5 Å². The zero-order valence-electron chi connectivity index (χ0n) is 17.2. The third kappa shape index (κ3) is 5.88. The number of nitrogens with zero attached hydrogens (tertiary/aromatic N) is 1. The monoisotopic (exact) mass is 503 g/mol. The lowest BCUT2D eigenvalue weighted by Gasteiger charge is -2.25. The summed E-state index contributed by atoms with van der Waals surface area (Å²) in [6.45, 7) is 1.46. The van der Waals surface area contributed by atoms with E-state index in [4.69, 9.17) is 39.1 Å². The van der Waals surface area contributed by atoms with Crippen LogP contribution in [0.4, 0.5) is 10.1 Å². The van der Waals surface area contributed by atoms with Crippen LogP contribution in [-0.2, 0) is 35.1 Å². The summed E-state index contributed by atoms with van der Waals surface area (Å²) in [7, 11) is 0. The Morgan fingerprint density at radius 2 is 1.84 bits per heavy atom. The number of amides is 2. The van der Waals surface area contributed by atoms with Crippen LogP contribution in [0.2, 0.25) is 5.02 Å². The molecule has 0 atom stereocenters. The average molecular weight is 504 g/mol. The van der Waals surface area contributed by atoms with E-state index in [1.54, 1.807) is 6.92 Å². The number of thiophene rings is 1. The number of rotatable bonds is 8. The van der Waals surface area contributed by atoms with Crippen LogP contribution in [0.1, 0.15) is 37.5 Å². The molecule has 0 radical (unpaired) electrons. The van der Waals surface area contributed by atoms with Gasteiger partial charge >= 0.3 is 11.9 Å². The summed E-state index contributed by atoms with van der Waals surface area (Å²) in [5, 5.41) is -1.23. The Balaban J connectivity index is 2.52. The lowest BCUT2D eigenvalue weighted by Crippen LogP contribution is -2.40. The number of imide groups is 1. The second-order valence-electron chi connectivity index (χ2n) is 6.56. The van der Waals surface area contributed by atoms with Crippen LogP contribution in [0.5, 0.6) is 0 Å². The van der Waals surface area contributed by atoms with Gasteiger partial charge in [-0.3, -0.25) is 14.4 Å². The molecule has 0 saturated carbocycles. The number of carbonyl (C=O) groups is 4. The van der Waals surface area contributed by atoms with Crippen LogP contribution < -0.4 is 4.90 Å². The Hall–Kier alpha value is -2.41. The predicted molar refractivity (Wildman–Crippen MR) is 118 cm³/mol. The Bertz CT molecular complexity index is 997. The van der Waals surface area contributed by atoms with Crippen molar-refractivity contribution in [2.45, 2.75) is 39.0 Å². The first kappa shape index (κ1) is 25.8. The number of terminal acetylenes is 1. The van der Waals surface area contributed by atoms with E-state index in [0.29, 0.717) is 29.1 Å². The molecule has 0 aliphatic heterocycles. The topological polar surface area (TPSA) is 90.0 Å². The highest BCUT2D eigenvalue weighted by atomic mass is 35.5. The van der Waals surface area contributed by atoms with E-state index >= 15 is 0 Å². The van der Waals surface area contributed by atoms with E-state index in [9.17, 15) is 23.6 Å². The molecule has 7 nitrogen and oxygen atoms in total. The summed E-state index contributed by atoms with van der Waals surface area (Å²) in [6, 6.07) is 0. The molecule has 172 valence electrons. The first-order valence-corrected chi connectivity index (χ1v) is 11.4. The zero-order valence-corrected chi connectivity index (χ0v) is 19.5. The van der Waals surface area contributed by atoms with E-state index in [1.165, 1.54) is 0 Å². The van der Waals surface area contributed by atoms with Crippen molar-refractivity contribution in [3.63, 3.8) is 0 Å². The van der Waals surface area contributed by atoms with Gasteiger partial charge < -0.3 is 9.47 Å². The summed E-state index contributed by atoms with van der Waals surface area (Å²) in [5.41, 5.74) is -0.436. The Labute approximate surface area is 198 Å². The van der Waals surface area contributed by atoms with Crippen LogP contribution in [0.25, 0.3) is 0 Å². The molecule has 0 unspecified atom stereocenters. The van der Waals surface area contributed by atoms with Gasteiger partial charge in [-0.15, -0.1) is 29.4 Å². The number of hydrogen-bond donors (Lipinski definition) is 0. The molecule has 2 rings (SSSR count). The summed E-state index contributed by atoms with van der Waals surface area (Å²) in [6.07, 6.45) is 6.38. The number of hydrogen-bond acceptors (Lipinski definition) is 7. The predicted octanol–water partition coefficient (Wildman–Crippen LogP) is 3.79. The van der Waals surface area contributed by atoms with Gasteiger partial charge in [0, 0.05) is 16.0 Å². The minimum Gasteiger partial charge on any atom is -0.466 e. The van der Waals surface area contributed by atoms with Gasteiger partial charge in [0.15, 0.2) is 6.61 Å². The van der Waals surface area contributed by atoms with Gasteiger partial charge in [0.1, 0.15) is 11.6 Å². The largest absolute Gasteiger partial charge is 0.466 e. The molecule has 1 aromatic heterocycles. The lowest BCUT2D eigenvalue weighted by molar-refractivity contribution is -0.142. The molecule has 1 aliphatic carbocycles. The lowest BCUT2D eigenvalue weighted by atomic mass is 9.90. The van der Waals surface area contributed by atoms with Crippen molar-refractivity contribution < 1.29 is 33.0 Å². The molecule has 0 spiro atoms. The molecule has 32 heavy (non-hydrogen) atoms. The van der Waals surface area contributed by atoms with E-state index in [2.05, 4.69) is 5.92 Å². The normalized spacial score (nSPS) is 13.3. The smallest absolute Gasteiger partial charge is 0.335 e. The highest BCUT2D eigenvalue weighted by Crippen LogP contribution is 2.41. The minimum atomic E-state index is -0.950. The van der Waals surface area contributed by atoms with Crippen LogP contribution in [0, 0.1) is 17.5 Å². The fourth-order valence-corrected chi connectivity index (χ4v) is 4.57. The first-order valence-electron chi connectivity index (χ1n) is 9.64. The molecule has 0 N–H and O–H groups in total. The molecule has 1 heterocycles. The van der Waals surface area contributed by atoms with Gasteiger partial charge in [0.05, 0.1) is 18.1 Å². The van der Waals surface area contributed by atoms with E-state index < -0.39 is 40.5 Å². The molecule has 2 amide bonds. The number of anilines is 1. The van der Waals surface area contributed by atoms with E-state index in [0.717, 1.165) is 0 Å². The number of carbonyl (C=O) groups excluding carboxylic acids is 4. The molecule has 0 saturated heterocycles. The van der Waals surface area contributed by atoms with E-state index in [1.807, 2.05) is 0 Å². The fourth-order valence-electron chi connectivity index (χ4n) is 3.16. The van der Waals surface area contributed by atoms with Gasteiger partial charge in [0.25, 0.3) is 5.91 Å². The third-order valence-corrected chi connectivity index (χ3v) is 6.23. The molecule has 0 aromatic carbocycles. The average Bonchev–Trinajstić information content (AvgIpc) is 3.05. The van der Waals surface area contributed by atoms with Gasteiger partial charge in [-0.05, 0) is 32.6 Å². The van der Waals surface area contributed by atoms with Crippen molar-refractivity contribution in [3.8, 4) is 12.3 Å². The number of halogens is 3. The van der Waals surface area contributed by atoms with Gasteiger partial charge in [-0.25, -0.2) is 9.69 Å². The Morgan fingerprint density at radius 1 is 1.19 bits per heavy atom.